The molecule has 1 saturated heterocycles. The molecular formula is C41H40N4O4. The summed E-state index contributed by atoms with van der Waals surface area (Å²) < 4.78 is 5.28. The summed E-state index contributed by atoms with van der Waals surface area (Å²) in [6.45, 7) is 6.41. The van der Waals surface area contributed by atoms with E-state index in [1.807, 2.05) is 49.1 Å². The summed E-state index contributed by atoms with van der Waals surface area (Å²) >= 11 is 0. The number of pyridine rings is 1. The topological polar surface area (TPSA) is 106 Å². The Morgan fingerprint density at radius 2 is 1.35 bits per heavy atom. The lowest BCUT2D eigenvalue weighted by Gasteiger charge is -2.37. The molecule has 248 valence electrons. The van der Waals surface area contributed by atoms with E-state index in [1.165, 1.54) is 0 Å². The zero-order valence-electron chi connectivity index (χ0n) is 28.0. The van der Waals surface area contributed by atoms with E-state index in [-0.39, 0.29) is 24.5 Å². The van der Waals surface area contributed by atoms with Crippen LogP contribution in [0.4, 0.5) is 11.5 Å². The summed E-state index contributed by atoms with van der Waals surface area (Å²) in [4.78, 5) is 46.5. The Labute approximate surface area is 287 Å². The number of aldehydes is 1. The van der Waals surface area contributed by atoms with Gasteiger partial charge in [0, 0.05) is 24.0 Å². The lowest BCUT2D eigenvalue weighted by Crippen LogP contribution is -2.51. The predicted octanol–water partition coefficient (Wildman–Crippen LogP) is 6.42. The summed E-state index contributed by atoms with van der Waals surface area (Å²) in [7, 11) is 0. The SMILES string of the molecule is CCOC(=O)c1c(CN2CN(c3ccc(C(c4ccccc4)(c4ccccc4)c4ccccc4)cc3)C(C(=O)C=O)C2(C)C)ccnc1N. The highest BCUT2D eigenvalue weighted by Gasteiger charge is 2.50. The van der Waals surface area contributed by atoms with Crippen molar-refractivity contribution in [3.63, 3.8) is 0 Å². The molecule has 1 aliphatic rings. The van der Waals surface area contributed by atoms with Gasteiger partial charge in [-0.3, -0.25) is 14.5 Å². The van der Waals surface area contributed by atoms with E-state index in [1.54, 1.807) is 19.2 Å². The minimum absolute atomic E-state index is 0.0830. The number of nitrogen functional groups attached to an aromatic ring is 1. The van der Waals surface area contributed by atoms with E-state index in [4.69, 9.17) is 10.5 Å². The Balaban J connectivity index is 1.44. The Kier molecular flexibility index (Phi) is 9.42. The van der Waals surface area contributed by atoms with Crippen LogP contribution in [-0.4, -0.2) is 52.8 Å². The molecule has 1 unspecified atom stereocenters. The van der Waals surface area contributed by atoms with E-state index in [9.17, 15) is 14.4 Å². The second-order valence-electron chi connectivity index (χ2n) is 12.7. The zero-order chi connectivity index (χ0) is 34.6. The van der Waals surface area contributed by atoms with Gasteiger partial charge in [-0.15, -0.1) is 0 Å². The standard InChI is InChI=1S/C41H40N4O4/c1-4-49-39(48)36-29(24-25-43-38(36)42)26-44-28-45(37(35(47)27-46)40(44,2)3)34-22-20-33(21-23-34)41(30-14-8-5-9-15-30,31-16-10-6-11-17-31)32-18-12-7-13-19-32/h5-25,27,37H,4,26,28H2,1-3H3,(H2,42,43). The van der Waals surface area contributed by atoms with Crippen molar-refractivity contribution >= 4 is 29.5 Å². The van der Waals surface area contributed by atoms with Crippen LogP contribution in [-0.2, 0) is 26.3 Å². The molecule has 6 rings (SSSR count). The number of Topliss-reactive ketones (excluding diaryl/α,β-unsaturated/α-hetero) is 1. The molecule has 1 aromatic heterocycles. The number of carbonyl (C=O) groups excluding carboxylic acids is 3. The number of nitrogens with two attached hydrogens (primary N) is 1. The second kappa shape index (κ2) is 13.9. The van der Waals surface area contributed by atoms with Gasteiger partial charge < -0.3 is 15.4 Å². The lowest BCUT2D eigenvalue weighted by molar-refractivity contribution is -0.131. The predicted molar refractivity (Wildman–Crippen MR) is 191 cm³/mol. The molecule has 0 bridgehead atoms. The first kappa shape index (κ1) is 33.3. The maximum absolute atomic E-state index is 13.4. The van der Waals surface area contributed by atoms with Crippen LogP contribution in [0.2, 0.25) is 0 Å². The number of aromatic nitrogens is 1. The normalized spacial score (nSPS) is 15.9. The van der Waals surface area contributed by atoms with Crippen molar-refractivity contribution in [3.05, 3.63) is 161 Å². The van der Waals surface area contributed by atoms with Gasteiger partial charge in [0.05, 0.1) is 18.7 Å². The Morgan fingerprint density at radius 3 is 1.84 bits per heavy atom. The Morgan fingerprint density at radius 1 is 0.837 bits per heavy atom. The van der Waals surface area contributed by atoms with Crippen molar-refractivity contribution < 1.29 is 19.1 Å². The third-order valence-electron chi connectivity index (χ3n) is 9.66. The van der Waals surface area contributed by atoms with Gasteiger partial charge in [0.1, 0.15) is 17.4 Å². The molecule has 2 N–H and O–H groups in total. The zero-order valence-corrected chi connectivity index (χ0v) is 28.0. The summed E-state index contributed by atoms with van der Waals surface area (Å²) in [5, 5.41) is 0. The first-order valence-corrected chi connectivity index (χ1v) is 16.4. The molecule has 0 saturated carbocycles. The largest absolute Gasteiger partial charge is 0.462 e. The number of esters is 1. The molecule has 1 fully saturated rings. The van der Waals surface area contributed by atoms with Gasteiger partial charge in [-0.2, -0.15) is 0 Å². The quantitative estimate of drug-likeness (QED) is 0.0755. The third kappa shape index (κ3) is 6.00. The minimum atomic E-state index is -0.789. The van der Waals surface area contributed by atoms with Gasteiger partial charge in [0.25, 0.3) is 0 Å². The minimum Gasteiger partial charge on any atom is -0.462 e. The van der Waals surface area contributed by atoms with Crippen molar-refractivity contribution in [2.24, 2.45) is 0 Å². The number of rotatable bonds is 11. The van der Waals surface area contributed by atoms with E-state index in [0.717, 1.165) is 27.9 Å². The number of ether oxygens (including phenoxy) is 1. The number of hydrogen-bond acceptors (Lipinski definition) is 8. The number of carbonyl (C=O) groups is 3. The van der Waals surface area contributed by atoms with E-state index in [0.29, 0.717) is 18.5 Å². The fourth-order valence-electron chi connectivity index (χ4n) is 7.32. The maximum atomic E-state index is 13.4. The summed E-state index contributed by atoms with van der Waals surface area (Å²) in [5.74, 6) is -0.991. The molecule has 0 aliphatic carbocycles. The van der Waals surface area contributed by atoms with Crippen molar-refractivity contribution in [2.75, 3.05) is 23.9 Å². The van der Waals surface area contributed by atoms with E-state index in [2.05, 4.69) is 94.8 Å². The summed E-state index contributed by atoms with van der Waals surface area (Å²) in [5.41, 5.74) is 10.8. The van der Waals surface area contributed by atoms with Crippen LogP contribution < -0.4 is 10.6 Å². The van der Waals surface area contributed by atoms with Crippen LogP contribution >= 0.6 is 0 Å². The molecule has 8 heteroatoms. The summed E-state index contributed by atoms with van der Waals surface area (Å²) in [6.07, 6.45) is 1.95. The van der Waals surface area contributed by atoms with Crippen molar-refractivity contribution in [1.82, 2.24) is 9.88 Å². The average molecular weight is 653 g/mol. The number of ketones is 1. The van der Waals surface area contributed by atoms with Crippen LogP contribution in [0, 0.1) is 0 Å². The van der Waals surface area contributed by atoms with Crippen LogP contribution in [0.5, 0.6) is 0 Å². The number of benzene rings is 4. The third-order valence-corrected chi connectivity index (χ3v) is 9.66. The fourth-order valence-corrected chi connectivity index (χ4v) is 7.32. The Hall–Kier alpha value is -5.60. The summed E-state index contributed by atoms with van der Waals surface area (Å²) in [6, 6.07) is 40.6. The van der Waals surface area contributed by atoms with Crippen LogP contribution in [0.1, 0.15) is 58.9 Å². The maximum Gasteiger partial charge on any atom is 0.342 e. The highest BCUT2D eigenvalue weighted by Crippen LogP contribution is 2.46. The van der Waals surface area contributed by atoms with Crippen molar-refractivity contribution in [1.29, 1.82) is 0 Å². The fraction of sp³-hybridized carbons (Fsp3) is 0.220. The number of anilines is 2. The molecular weight excluding hydrogens is 612 g/mol. The van der Waals surface area contributed by atoms with Crippen LogP contribution in [0.25, 0.3) is 0 Å². The molecule has 8 nitrogen and oxygen atoms in total. The molecule has 1 aliphatic heterocycles. The van der Waals surface area contributed by atoms with Gasteiger partial charge in [-0.05, 0) is 66.8 Å². The smallest absolute Gasteiger partial charge is 0.342 e. The van der Waals surface area contributed by atoms with Crippen molar-refractivity contribution in [3.8, 4) is 0 Å². The van der Waals surface area contributed by atoms with Gasteiger partial charge in [-0.25, -0.2) is 9.78 Å². The van der Waals surface area contributed by atoms with E-state index >= 15 is 0 Å². The molecule has 5 aromatic rings. The van der Waals surface area contributed by atoms with Crippen LogP contribution in [0.15, 0.2) is 128 Å². The first-order chi connectivity index (χ1) is 23.7. The molecule has 1 atom stereocenters. The van der Waals surface area contributed by atoms with Gasteiger partial charge >= 0.3 is 5.97 Å². The Bertz CT molecular complexity index is 1830. The lowest BCUT2D eigenvalue weighted by atomic mass is 9.65. The number of nitrogens with zero attached hydrogens (tertiary/aromatic N) is 3. The molecule has 0 spiro atoms. The number of hydrogen-bond donors (Lipinski definition) is 1. The molecule has 0 radical (unpaired) electrons. The first-order valence-electron chi connectivity index (χ1n) is 16.4. The van der Waals surface area contributed by atoms with Crippen LogP contribution in [0.3, 0.4) is 0 Å². The molecule has 2 heterocycles. The van der Waals surface area contributed by atoms with Crippen molar-refractivity contribution in [2.45, 2.75) is 44.3 Å². The van der Waals surface area contributed by atoms with Gasteiger partial charge in [0.15, 0.2) is 6.29 Å². The second-order valence-corrected chi connectivity index (χ2v) is 12.7. The molecule has 4 aromatic carbocycles. The highest BCUT2D eigenvalue weighted by molar-refractivity contribution is 6.29. The van der Waals surface area contributed by atoms with E-state index < -0.39 is 28.7 Å². The molecule has 49 heavy (non-hydrogen) atoms. The van der Waals surface area contributed by atoms with Gasteiger partial charge in [-0.1, -0.05) is 103 Å². The average Bonchev–Trinajstić information content (AvgIpc) is 3.39. The van der Waals surface area contributed by atoms with Gasteiger partial charge in [0.2, 0.25) is 5.78 Å². The highest BCUT2D eigenvalue weighted by atomic mass is 16.5. The monoisotopic (exact) mass is 652 g/mol. The molecule has 0 amide bonds.